The van der Waals surface area contributed by atoms with Crippen molar-refractivity contribution in [1.82, 2.24) is 5.32 Å². The Labute approximate surface area is 142 Å². The van der Waals surface area contributed by atoms with Crippen molar-refractivity contribution in [3.8, 4) is 0 Å². The molecule has 2 aliphatic rings. The summed E-state index contributed by atoms with van der Waals surface area (Å²) in [6, 6.07) is 7.88. The van der Waals surface area contributed by atoms with Gasteiger partial charge in [0.15, 0.2) is 5.78 Å². The lowest BCUT2D eigenvalue weighted by Gasteiger charge is -2.42. The number of thioether (sulfide) groups is 1. The summed E-state index contributed by atoms with van der Waals surface area (Å²) in [5.41, 5.74) is 0.444. The maximum Gasteiger partial charge on any atom is 0.170 e. The predicted octanol–water partition coefficient (Wildman–Crippen LogP) is 3.33. The van der Waals surface area contributed by atoms with Gasteiger partial charge in [0.25, 0.3) is 0 Å². The average Bonchev–Trinajstić information content (AvgIpc) is 2.62. The monoisotopic (exact) mass is 329 g/mol. The number of benzene rings is 1. The second-order valence-corrected chi connectivity index (χ2v) is 7.12. The summed E-state index contributed by atoms with van der Waals surface area (Å²) < 4.78 is 5.97. The van der Waals surface area contributed by atoms with Gasteiger partial charge in [0, 0.05) is 29.0 Å². The SMILES string of the molecule is CSc1ccc(C(=O)C2C=CC=CC2(C)C2CNCCO2)cc1. The van der Waals surface area contributed by atoms with Crippen LogP contribution in [0.5, 0.6) is 0 Å². The van der Waals surface area contributed by atoms with Crippen LogP contribution in [0.3, 0.4) is 0 Å². The molecule has 1 N–H and O–H groups in total. The molecule has 1 aliphatic heterocycles. The highest BCUT2D eigenvalue weighted by Gasteiger charge is 2.44. The van der Waals surface area contributed by atoms with Gasteiger partial charge in [0.1, 0.15) is 0 Å². The maximum atomic E-state index is 13.1. The molecule has 23 heavy (non-hydrogen) atoms. The fraction of sp³-hybridized carbons (Fsp3) is 0.421. The van der Waals surface area contributed by atoms with Gasteiger partial charge in [-0.3, -0.25) is 4.79 Å². The Morgan fingerprint density at radius 2 is 2.09 bits per heavy atom. The van der Waals surface area contributed by atoms with E-state index in [0.29, 0.717) is 6.61 Å². The zero-order valence-electron chi connectivity index (χ0n) is 13.6. The Kier molecular flexibility index (Phi) is 5.05. The molecule has 0 spiro atoms. The number of carbonyl (C=O) groups excluding carboxylic acids is 1. The highest BCUT2D eigenvalue weighted by Crippen LogP contribution is 2.40. The van der Waals surface area contributed by atoms with Crippen molar-refractivity contribution in [3.05, 3.63) is 54.1 Å². The van der Waals surface area contributed by atoms with Gasteiger partial charge in [0.2, 0.25) is 0 Å². The summed E-state index contributed by atoms with van der Waals surface area (Å²) in [6.07, 6.45) is 10.2. The number of nitrogens with one attached hydrogen (secondary N) is 1. The van der Waals surface area contributed by atoms with Crippen LogP contribution < -0.4 is 5.32 Å². The largest absolute Gasteiger partial charge is 0.375 e. The van der Waals surface area contributed by atoms with Gasteiger partial charge < -0.3 is 10.1 Å². The topological polar surface area (TPSA) is 38.3 Å². The first-order chi connectivity index (χ1) is 11.1. The van der Waals surface area contributed by atoms with E-state index in [4.69, 9.17) is 4.74 Å². The molecule has 122 valence electrons. The molecule has 0 amide bonds. The molecule has 1 aromatic carbocycles. The Hall–Kier alpha value is -1.36. The molecule has 1 aliphatic carbocycles. The van der Waals surface area contributed by atoms with Crippen LogP contribution in [0.15, 0.2) is 53.5 Å². The van der Waals surface area contributed by atoms with Crippen LogP contribution in [-0.2, 0) is 4.74 Å². The van der Waals surface area contributed by atoms with Crippen LogP contribution in [-0.4, -0.2) is 37.8 Å². The third kappa shape index (κ3) is 3.30. The Morgan fingerprint density at radius 1 is 1.30 bits per heavy atom. The van der Waals surface area contributed by atoms with Gasteiger partial charge in [-0.05, 0) is 18.4 Å². The number of hydrogen-bond acceptors (Lipinski definition) is 4. The molecule has 3 atom stereocenters. The summed E-state index contributed by atoms with van der Waals surface area (Å²) in [5.74, 6) is -0.0348. The van der Waals surface area contributed by atoms with Gasteiger partial charge in [0.05, 0.1) is 18.6 Å². The predicted molar refractivity (Wildman–Crippen MR) is 95.0 cm³/mol. The third-order valence-electron chi connectivity index (χ3n) is 4.82. The Morgan fingerprint density at radius 3 is 2.74 bits per heavy atom. The third-order valence-corrected chi connectivity index (χ3v) is 5.56. The number of morpholine rings is 1. The smallest absolute Gasteiger partial charge is 0.170 e. The van der Waals surface area contributed by atoms with Crippen molar-refractivity contribution in [1.29, 1.82) is 0 Å². The molecule has 0 bridgehead atoms. The number of ketones is 1. The van der Waals surface area contributed by atoms with E-state index in [2.05, 4.69) is 18.3 Å². The van der Waals surface area contributed by atoms with Crippen molar-refractivity contribution in [2.24, 2.45) is 11.3 Å². The number of ether oxygens (including phenoxy) is 1. The van der Waals surface area contributed by atoms with Gasteiger partial charge in [-0.2, -0.15) is 0 Å². The zero-order chi connectivity index (χ0) is 16.3. The molecule has 1 aromatic rings. The second kappa shape index (κ2) is 7.04. The van der Waals surface area contributed by atoms with E-state index < -0.39 is 0 Å². The first-order valence-electron chi connectivity index (χ1n) is 8.02. The van der Waals surface area contributed by atoms with E-state index in [1.54, 1.807) is 11.8 Å². The van der Waals surface area contributed by atoms with Crippen LogP contribution in [0.2, 0.25) is 0 Å². The number of allylic oxidation sites excluding steroid dienone is 3. The fourth-order valence-electron chi connectivity index (χ4n) is 3.33. The molecule has 0 radical (unpaired) electrons. The number of carbonyl (C=O) groups is 1. The molecule has 0 saturated carbocycles. The lowest BCUT2D eigenvalue weighted by molar-refractivity contribution is -0.0432. The van der Waals surface area contributed by atoms with E-state index in [1.165, 1.54) is 4.90 Å². The second-order valence-electron chi connectivity index (χ2n) is 6.24. The molecule has 0 aromatic heterocycles. The number of hydrogen-bond donors (Lipinski definition) is 1. The molecule has 1 saturated heterocycles. The molecule has 1 heterocycles. The fourth-order valence-corrected chi connectivity index (χ4v) is 3.73. The summed E-state index contributed by atoms with van der Waals surface area (Å²) in [7, 11) is 0. The highest BCUT2D eigenvalue weighted by molar-refractivity contribution is 7.98. The molecule has 3 nitrogen and oxygen atoms in total. The minimum atomic E-state index is -0.322. The minimum absolute atomic E-state index is 0.0110. The molecule has 3 unspecified atom stereocenters. The van der Waals surface area contributed by atoms with Crippen LogP contribution in [0.4, 0.5) is 0 Å². The lowest BCUT2D eigenvalue weighted by Crippen LogP contribution is -2.51. The minimum Gasteiger partial charge on any atom is -0.375 e. The van der Waals surface area contributed by atoms with E-state index in [9.17, 15) is 4.79 Å². The van der Waals surface area contributed by atoms with Gasteiger partial charge in [-0.25, -0.2) is 0 Å². The van der Waals surface area contributed by atoms with Crippen LogP contribution in [0.1, 0.15) is 17.3 Å². The van der Waals surface area contributed by atoms with Crippen LogP contribution >= 0.6 is 11.8 Å². The molecule has 4 heteroatoms. The maximum absolute atomic E-state index is 13.1. The quantitative estimate of drug-likeness (QED) is 0.679. The summed E-state index contributed by atoms with van der Waals surface area (Å²) in [5, 5.41) is 3.37. The summed E-state index contributed by atoms with van der Waals surface area (Å²) in [4.78, 5) is 14.3. The first-order valence-corrected chi connectivity index (χ1v) is 9.24. The molecule has 1 fully saturated rings. The molecular weight excluding hydrogens is 306 g/mol. The van der Waals surface area contributed by atoms with Gasteiger partial charge >= 0.3 is 0 Å². The summed E-state index contributed by atoms with van der Waals surface area (Å²) in [6.45, 7) is 4.48. The standard InChI is InChI=1S/C19H23NO2S/c1-19(17-13-20-11-12-22-17)10-4-3-5-16(19)18(21)14-6-8-15(23-2)9-7-14/h3-10,16-17,20H,11-13H2,1-2H3. The van der Waals surface area contributed by atoms with E-state index >= 15 is 0 Å². The average molecular weight is 329 g/mol. The highest BCUT2D eigenvalue weighted by atomic mass is 32.2. The Balaban J connectivity index is 1.87. The molecular formula is C19H23NO2S. The van der Waals surface area contributed by atoms with Crippen molar-refractivity contribution in [3.63, 3.8) is 0 Å². The molecule has 3 rings (SSSR count). The van der Waals surface area contributed by atoms with Crippen molar-refractivity contribution < 1.29 is 9.53 Å². The van der Waals surface area contributed by atoms with Crippen LogP contribution in [0.25, 0.3) is 0 Å². The normalized spacial score (nSPS) is 30.3. The van der Waals surface area contributed by atoms with Crippen molar-refractivity contribution in [2.45, 2.75) is 17.9 Å². The van der Waals surface area contributed by atoms with Crippen molar-refractivity contribution >= 4 is 17.5 Å². The van der Waals surface area contributed by atoms with Gasteiger partial charge in [-0.1, -0.05) is 43.4 Å². The zero-order valence-corrected chi connectivity index (χ0v) is 14.4. The Bertz CT molecular complexity index is 617. The van der Waals surface area contributed by atoms with E-state index in [1.807, 2.05) is 48.7 Å². The number of rotatable bonds is 4. The van der Waals surface area contributed by atoms with Crippen molar-refractivity contribution in [2.75, 3.05) is 26.0 Å². The summed E-state index contributed by atoms with van der Waals surface area (Å²) >= 11 is 1.68. The first kappa shape index (κ1) is 16.5. The van der Waals surface area contributed by atoms with Crippen LogP contribution in [0, 0.1) is 11.3 Å². The number of Topliss-reactive ketones (excluding diaryl/α,β-unsaturated/α-hetero) is 1. The van der Waals surface area contributed by atoms with Gasteiger partial charge in [-0.15, -0.1) is 11.8 Å². The van der Waals surface area contributed by atoms with E-state index in [-0.39, 0.29) is 23.2 Å². The lowest BCUT2D eigenvalue weighted by atomic mass is 9.67. The van der Waals surface area contributed by atoms with E-state index in [0.717, 1.165) is 18.7 Å².